The van der Waals surface area contributed by atoms with Crippen molar-refractivity contribution in [3.63, 3.8) is 0 Å². The predicted octanol–water partition coefficient (Wildman–Crippen LogP) is 0.976. The molecule has 0 aliphatic rings. The second kappa shape index (κ2) is 3.23. The summed E-state index contributed by atoms with van der Waals surface area (Å²) in [5.41, 5.74) is 0.388. The number of aromatic amines is 1. The highest BCUT2D eigenvalue weighted by atomic mass is 16.3. The Bertz CT molecular complexity index is 517. The molecule has 2 rings (SSSR count). The number of hydrogen-bond acceptors (Lipinski definition) is 3. The monoisotopic (exact) mass is 190 g/mol. The van der Waals surface area contributed by atoms with Crippen LogP contribution in [0.25, 0.3) is 10.9 Å². The molecule has 0 aliphatic carbocycles. The zero-order valence-electron chi connectivity index (χ0n) is 7.69. The van der Waals surface area contributed by atoms with Gasteiger partial charge in [0, 0.05) is 0 Å². The lowest BCUT2D eigenvalue weighted by atomic mass is 10.2. The number of rotatable bonds is 1. The second-order valence-electron chi connectivity index (χ2n) is 3.15. The smallest absolute Gasteiger partial charge is 0.280 e. The highest BCUT2D eigenvalue weighted by Crippen LogP contribution is 2.09. The van der Waals surface area contributed by atoms with Crippen molar-refractivity contribution in [3.05, 3.63) is 40.4 Å². The van der Waals surface area contributed by atoms with Gasteiger partial charge < -0.3 is 10.1 Å². The predicted molar refractivity (Wildman–Crippen MR) is 53.0 cm³/mol. The van der Waals surface area contributed by atoms with E-state index in [9.17, 15) is 9.90 Å². The molecule has 0 unspecified atom stereocenters. The Morgan fingerprint density at radius 2 is 2.14 bits per heavy atom. The zero-order chi connectivity index (χ0) is 10.1. The first-order valence-corrected chi connectivity index (χ1v) is 4.35. The largest absolute Gasteiger partial charge is 0.385 e. The minimum atomic E-state index is -0.757. The lowest BCUT2D eigenvalue weighted by Crippen LogP contribution is -2.13. The van der Waals surface area contributed by atoms with E-state index >= 15 is 0 Å². The maximum absolute atomic E-state index is 11.5. The zero-order valence-corrected chi connectivity index (χ0v) is 7.69. The maximum Gasteiger partial charge on any atom is 0.280 e. The molecule has 4 nitrogen and oxygen atoms in total. The normalized spacial score (nSPS) is 13.0. The van der Waals surface area contributed by atoms with E-state index in [0.717, 1.165) is 0 Å². The van der Waals surface area contributed by atoms with Gasteiger partial charge in [0.2, 0.25) is 0 Å². The Hall–Kier alpha value is -1.68. The van der Waals surface area contributed by atoms with Gasteiger partial charge in [0.15, 0.2) is 0 Å². The van der Waals surface area contributed by atoms with Gasteiger partial charge in [-0.05, 0) is 19.1 Å². The van der Waals surface area contributed by atoms with Crippen LogP contribution in [0.3, 0.4) is 0 Å². The van der Waals surface area contributed by atoms with Crippen molar-refractivity contribution >= 4 is 10.9 Å². The molecule has 0 bridgehead atoms. The van der Waals surface area contributed by atoms with Gasteiger partial charge in [-0.3, -0.25) is 4.79 Å². The maximum atomic E-state index is 11.5. The summed E-state index contributed by atoms with van der Waals surface area (Å²) in [5, 5.41) is 9.81. The Balaban J connectivity index is 2.79. The van der Waals surface area contributed by atoms with E-state index in [2.05, 4.69) is 9.97 Å². The van der Waals surface area contributed by atoms with Crippen molar-refractivity contribution in [2.24, 2.45) is 0 Å². The summed E-state index contributed by atoms with van der Waals surface area (Å²) in [4.78, 5) is 18.1. The van der Waals surface area contributed by atoms with Crippen molar-refractivity contribution in [2.45, 2.75) is 13.0 Å². The number of aliphatic hydroxyl groups excluding tert-OH is 1. The molecule has 0 fully saturated rings. The van der Waals surface area contributed by atoms with Crippen LogP contribution in [0.1, 0.15) is 18.9 Å². The average molecular weight is 190 g/mol. The van der Waals surface area contributed by atoms with Crippen LogP contribution in [0.2, 0.25) is 0 Å². The second-order valence-corrected chi connectivity index (χ2v) is 3.15. The molecule has 1 aromatic heterocycles. The summed E-state index contributed by atoms with van der Waals surface area (Å²) in [6.45, 7) is 1.56. The molecule has 0 aliphatic heterocycles. The molecule has 72 valence electrons. The van der Waals surface area contributed by atoms with Crippen molar-refractivity contribution < 1.29 is 5.11 Å². The minimum Gasteiger partial charge on any atom is -0.385 e. The van der Waals surface area contributed by atoms with E-state index in [1.807, 2.05) is 6.07 Å². The third-order valence-corrected chi connectivity index (χ3v) is 2.04. The van der Waals surface area contributed by atoms with Crippen LogP contribution < -0.4 is 5.56 Å². The molecule has 0 saturated carbocycles. The van der Waals surface area contributed by atoms with Gasteiger partial charge in [-0.25, -0.2) is 0 Å². The molecule has 0 saturated heterocycles. The number of nitrogens with zero attached hydrogens (tertiary/aromatic N) is 1. The molecule has 1 aromatic carbocycles. The Morgan fingerprint density at radius 3 is 2.86 bits per heavy atom. The topological polar surface area (TPSA) is 66.0 Å². The number of fused-ring (bicyclic) bond motifs is 1. The van der Waals surface area contributed by atoms with E-state index < -0.39 is 6.10 Å². The van der Waals surface area contributed by atoms with E-state index in [1.165, 1.54) is 0 Å². The number of H-pyrrole nitrogens is 1. The van der Waals surface area contributed by atoms with Crippen molar-refractivity contribution in [1.82, 2.24) is 9.97 Å². The van der Waals surface area contributed by atoms with Crippen LogP contribution in [0.15, 0.2) is 29.1 Å². The average Bonchev–Trinajstić information content (AvgIpc) is 2.17. The van der Waals surface area contributed by atoms with E-state index in [0.29, 0.717) is 16.7 Å². The molecule has 0 spiro atoms. The SMILES string of the molecule is C[C@H](O)c1nc(=O)c2ccccc2[nH]1. The van der Waals surface area contributed by atoms with Crippen LogP contribution in [0.4, 0.5) is 0 Å². The van der Waals surface area contributed by atoms with Crippen molar-refractivity contribution in [1.29, 1.82) is 0 Å². The standard InChI is InChI=1S/C10H10N2O2/c1-6(13)9-11-8-5-3-2-4-7(8)10(14)12-9/h2-6,13H,1H3,(H,11,12,14)/t6-/m0/s1. The molecule has 0 amide bonds. The Labute approximate surface area is 80.2 Å². The first-order chi connectivity index (χ1) is 6.68. The first-order valence-electron chi connectivity index (χ1n) is 4.35. The van der Waals surface area contributed by atoms with Crippen LogP contribution >= 0.6 is 0 Å². The van der Waals surface area contributed by atoms with E-state index in [4.69, 9.17) is 0 Å². The fourth-order valence-electron chi connectivity index (χ4n) is 1.31. The highest BCUT2D eigenvalue weighted by Gasteiger charge is 2.06. The number of para-hydroxylation sites is 1. The third kappa shape index (κ3) is 1.40. The summed E-state index contributed by atoms with van der Waals surface area (Å²) < 4.78 is 0. The summed E-state index contributed by atoms with van der Waals surface area (Å²) >= 11 is 0. The Morgan fingerprint density at radius 1 is 1.43 bits per heavy atom. The number of nitrogens with one attached hydrogen (secondary N) is 1. The summed E-state index contributed by atoms with van der Waals surface area (Å²) in [7, 11) is 0. The lowest BCUT2D eigenvalue weighted by Gasteiger charge is -2.04. The molecule has 0 radical (unpaired) electrons. The van der Waals surface area contributed by atoms with Gasteiger partial charge in [-0.2, -0.15) is 4.98 Å². The van der Waals surface area contributed by atoms with Gasteiger partial charge in [-0.15, -0.1) is 0 Å². The molecule has 14 heavy (non-hydrogen) atoms. The van der Waals surface area contributed by atoms with Crippen molar-refractivity contribution in [2.75, 3.05) is 0 Å². The molecule has 1 heterocycles. The van der Waals surface area contributed by atoms with Gasteiger partial charge in [-0.1, -0.05) is 12.1 Å². The van der Waals surface area contributed by atoms with Crippen molar-refractivity contribution in [3.8, 4) is 0 Å². The fraction of sp³-hybridized carbons (Fsp3) is 0.200. The summed E-state index contributed by atoms with van der Waals surface area (Å²) in [5.74, 6) is 0.300. The summed E-state index contributed by atoms with van der Waals surface area (Å²) in [6.07, 6.45) is -0.757. The molecule has 2 N–H and O–H groups in total. The van der Waals surface area contributed by atoms with E-state index in [1.54, 1.807) is 25.1 Å². The van der Waals surface area contributed by atoms with Crippen LogP contribution in [0.5, 0.6) is 0 Å². The molecule has 1 atom stereocenters. The fourth-order valence-corrected chi connectivity index (χ4v) is 1.31. The number of benzene rings is 1. The third-order valence-electron chi connectivity index (χ3n) is 2.04. The van der Waals surface area contributed by atoms with Gasteiger partial charge in [0.05, 0.1) is 10.9 Å². The van der Waals surface area contributed by atoms with Gasteiger partial charge in [0.25, 0.3) is 5.56 Å². The summed E-state index contributed by atoms with van der Waals surface area (Å²) in [6, 6.07) is 7.09. The lowest BCUT2D eigenvalue weighted by molar-refractivity contribution is 0.189. The van der Waals surface area contributed by atoms with Crippen LogP contribution in [0, 0.1) is 0 Å². The first kappa shape index (κ1) is 8.90. The van der Waals surface area contributed by atoms with Gasteiger partial charge >= 0.3 is 0 Å². The van der Waals surface area contributed by atoms with Crippen LogP contribution in [-0.2, 0) is 0 Å². The number of aromatic nitrogens is 2. The molecular formula is C10H10N2O2. The molecule has 2 aromatic rings. The van der Waals surface area contributed by atoms with E-state index in [-0.39, 0.29) is 5.56 Å². The quantitative estimate of drug-likeness (QED) is 0.704. The number of aliphatic hydroxyl groups is 1. The Kier molecular flexibility index (Phi) is 2.05. The molecular weight excluding hydrogens is 180 g/mol. The molecule has 4 heteroatoms. The number of hydrogen-bond donors (Lipinski definition) is 2. The van der Waals surface area contributed by atoms with Gasteiger partial charge in [0.1, 0.15) is 11.9 Å². The highest BCUT2D eigenvalue weighted by molar-refractivity contribution is 5.77. The van der Waals surface area contributed by atoms with Crippen LogP contribution in [-0.4, -0.2) is 15.1 Å². The minimum absolute atomic E-state index is 0.300.